The quantitative estimate of drug-likeness (QED) is 0.321. The van der Waals surface area contributed by atoms with Crippen LogP contribution in [0.15, 0.2) is 42.6 Å². The molecule has 1 aromatic carbocycles. The molecule has 2 rings (SSSR count). The third kappa shape index (κ3) is 8.55. The van der Waals surface area contributed by atoms with E-state index in [1.54, 1.807) is 0 Å². The molecule has 1 heterocycles. The number of pyridine rings is 1. The molecule has 1 amide bonds. The lowest BCUT2D eigenvalue weighted by Crippen LogP contribution is -2.41. The molecule has 0 aliphatic rings. The van der Waals surface area contributed by atoms with Crippen LogP contribution in [-0.4, -0.2) is 48.9 Å². The van der Waals surface area contributed by atoms with Gasteiger partial charge in [0.05, 0.1) is 7.11 Å². The van der Waals surface area contributed by atoms with Crippen LogP contribution in [0.2, 0.25) is 0 Å². The van der Waals surface area contributed by atoms with E-state index in [1.807, 2.05) is 37.3 Å². The van der Waals surface area contributed by atoms with Crippen molar-refractivity contribution >= 4 is 17.8 Å². The predicted octanol–water partition coefficient (Wildman–Crippen LogP) is 4.26. The molecule has 0 aliphatic heterocycles. The summed E-state index contributed by atoms with van der Waals surface area (Å²) in [5, 5.41) is 2.60. The molecule has 0 saturated carbocycles. The second kappa shape index (κ2) is 14.1. The predicted molar refractivity (Wildman–Crippen MR) is 134 cm³/mol. The maximum atomic E-state index is 12.9. The molecule has 1 N–H and O–H groups in total. The number of nitrogens with zero attached hydrogens (tertiary/aromatic N) is 1. The lowest BCUT2D eigenvalue weighted by atomic mass is 9.87. The third-order valence-corrected chi connectivity index (χ3v) is 5.62. The fourth-order valence-electron chi connectivity index (χ4n) is 3.64. The van der Waals surface area contributed by atoms with Gasteiger partial charge in [-0.15, -0.1) is 0 Å². The molecular weight excluding hydrogens is 464 g/mol. The lowest BCUT2D eigenvalue weighted by molar-refractivity contribution is -0.151. The van der Waals surface area contributed by atoms with Gasteiger partial charge < -0.3 is 24.3 Å². The van der Waals surface area contributed by atoms with Gasteiger partial charge in [0, 0.05) is 25.1 Å². The number of esters is 2. The topological polar surface area (TPSA) is 113 Å². The summed E-state index contributed by atoms with van der Waals surface area (Å²) in [5.41, 5.74) is 0.985. The summed E-state index contributed by atoms with van der Waals surface area (Å²) in [7, 11) is 1.40. The van der Waals surface area contributed by atoms with Crippen molar-refractivity contribution in [3.8, 4) is 11.5 Å². The van der Waals surface area contributed by atoms with Crippen molar-refractivity contribution < 1.29 is 33.3 Å². The van der Waals surface area contributed by atoms with Gasteiger partial charge >= 0.3 is 11.9 Å². The zero-order valence-electron chi connectivity index (χ0n) is 21.8. The van der Waals surface area contributed by atoms with E-state index in [4.69, 9.17) is 18.9 Å². The third-order valence-electron chi connectivity index (χ3n) is 5.62. The number of ether oxygens (including phenoxy) is 4. The molecule has 9 nitrogen and oxygen atoms in total. The highest BCUT2D eigenvalue weighted by Gasteiger charge is 2.28. The minimum absolute atomic E-state index is 0.00878. The van der Waals surface area contributed by atoms with Gasteiger partial charge in [0.2, 0.25) is 6.79 Å². The molecule has 0 unspecified atom stereocenters. The van der Waals surface area contributed by atoms with Crippen molar-refractivity contribution in [3.05, 3.63) is 53.9 Å². The fraction of sp³-hybridized carbons (Fsp3) is 0.481. The zero-order chi connectivity index (χ0) is 26.7. The number of aromatic nitrogens is 1. The summed E-state index contributed by atoms with van der Waals surface area (Å²) in [4.78, 5) is 40.9. The van der Waals surface area contributed by atoms with E-state index < -0.39 is 36.8 Å². The first-order valence-electron chi connectivity index (χ1n) is 12.0. The summed E-state index contributed by atoms with van der Waals surface area (Å²) in [6.45, 7) is 8.54. The Morgan fingerprint density at radius 3 is 2.31 bits per heavy atom. The van der Waals surface area contributed by atoms with Gasteiger partial charge in [-0.25, -0.2) is 9.78 Å². The Morgan fingerprint density at radius 1 is 1.00 bits per heavy atom. The average Bonchev–Trinajstić information content (AvgIpc) is 2.84. The number of benzene rings is 1. The van der Waals surface area contributed by atoms with Crippen LogP contribution in [0.3, 0.4) is 0 Å². The minimum Gasteiger partial charge on any atom is -0.493 e. The number of hydrogen-bond acceptors (Lipinski definition) is 8. The SMILES string of the molecule is COc1ccnc(C(=O)N[C@@H](C)C(=O)O[C@@H](C)[C@H](CCC(C)C)c2ccccc2)c1OCOC(C)=O. The first kappa shape index (κ1) is 28.6. The van der Waals surface area contributed by atoms with E-state index in [0.717, 1.165) is 18.4 Å². The fourth-order valence-corrected chi connectivity index (χ4v) is 3.64. The summed E-state index contributed by atoms with van der Waals surface area (Å²) in [6, 6.07) is 10.5. The Hall–Kier alpha value is -3.62. The van der Waals surface area contributed by atoms with E-state index in [9.17, 15) is 14.4 Å². The van der Waals surface area contributed by atoms with Crippen LogP contribution >= 0.6 is 0 Å². The molecule has 0 aliphatic carbocycles. The summed E-state index contributed by atoms with van der Waals surface area (Å²) in [6.07, 6.45) is 2.84. The Kier molecular flexibility index (Phi) is 11.2. The number of carbonyl (C=O) groups excluding carboxylic acids is 3. The highest BCUT2D eigenvalue weighted by molar-refractivity contribution is 5.98. The van der Waals surface area contributed by atoms with Gasteiger partial charge in [0.25, 0.3) is 5.91 Å². The van der Waals surface area contributed by atoms with Crippen molar-refractivity contribution in [1.29, 1.82) is 0 Å². The highest BCUT2D eigenvalue weighted by atomic mass is 16.7. The first-order chi connectivity index (χ1) is 17.1. The van der Waals surface area contributed by atoms with Crippen LogP contribution in [0, 0.1) is 5.92 Å². The van der Waals surface area contributed by atoms with Crippen molar-refractivity contribution in [1.82, 2.24) is 10.3 Å². The number of methoxy groups -OCH3 is 1. The summed E-state index contributed by atoms with van der Waals surface area (Å²) in [5.74, 6) is -1.01. The first-order valence-corrected chi connectivity index (χ1v) is 12.0. The van der Waals surface area contributed by atoms with Gasteiger partial charge in [-0.05, 0) is 31.7 Å². The minimum atomic E-state index is -0.948. The van der Waals surface area contributed by atoms with Gasteiger partial charge in [-0.2, -0.15) is 0 Å². The molecule has 0 saturated heterocycles. The maximum absolute atomic E-state index is 12.9. The lowest BCUT2D eigenvalue weighted by Gasteiger charge is -2.26. The van der Waals surface area contributed by atoms with Crippen LogP contribution in [0.4, 0.5) is 0 Å². The number of hydrogen-bond donors (Lipinski definition) is 1. The van der Waals surface area contributed by atoms with Crippen LogP contribution in [0.5, 0.6) is 11.5 Å². The molecule has 3 atom stereocenters. The number of carbonyl (C=O) groups is 3. The van der Waals surface area contributed by atoms with Gasteiger partial charge in [-0.1, -0.05) is 50.6 Å². The summed E-state index contributed by atoms with van der Waals surface area (Å²) < 4.78 is 21.2. The molecule has 9 heteroatoms. The normalized spacial score (nSPS) is 13.3. The van der Waals surface area contributed by atoms with Gasteiger partial charge in [0.15, 0.2) is 17.2 Å². The zero-order valence-corrected chi connectivity index (χ0v) is 21.8. The van der Waals surface area contributed by atoms with Crippen molar-refractivity contribution in [2.24, 2.45) is 5.92 Å². The van der Waals surface area contributed by atoms with E-state index in [2.05, 4.69) is 24.1 Å². The monoisotopic (exact) mass is 500 g/mol. The Labute approximate surface area is 212 Å². The standard InChI is InChI=1S/C27H36N2O7/c1-17(2)12-13-22(21-10-8-7-9-11-21)19(4)36-27(32)18(3)29-26(31)24-25(35-16-34-20(5)30)23(33-6)14-15-28-24/h7-11,14-15,17-19,22H,12-13,16H2,1-6H3,(H,29,31)/t18-,19-,22-/m0/s1. The highest BCUT2D eigenvalue weighted by Crippen LogP contribution is 2.30. The molecule has 196 valence electrons. The van der Waals surface area contributed by atoms with Crippen molar-refractivity contribution in [2.45, 2.75) is 65.5 Å². The number of nitrogens with one attached hydrogen (secondary N) is 1. The Balaban J connectivity index is 2.09. The number of amides is 1. The second-order valence-corrected chi connectivity index (χ2v) is 8.91. The average molecular weight is 501 g/mol. The van der Waals surface area contributed by atoms with Crippen LogP contribution in [0.25, 0.3) is 0 Å². The van der Waals surface area contributed by atoms with Crippen LogP contribution < -0.4 is 14.8 Å². The molecule has 0 radical (unpaired) electrons. The molecular formula is C27H36N2O7. The molecule has 0 fully saturated rings. The van der Waals surface area contributed by atoms with Crippen molar-refractivity contribution in [3.63, 3.8) is 0 Å². The molecule has 2 aromatic rings. The molecule has 0 bridgehead atoms. The molecule has 36 heavy (non-hydrogen) atoms. The molecule has 1 aromatic heterocycles. The van der Waals surface area contributed by atoms with E-state index in [1.165, 1.54) is 33.2 Å². The van der Waals surface area contributed by atoms with Gasteiger partial charge in [-0.3, -0.25) is 9.59 Å². The van der Waals surface area contributed by atoms with Crippen LogP contribution in [0.1, 0.15) is 69.4 Å². The second-order valence-electron chi connectivity index (χ2n) is 8.91. The Morgan fingerprint density at radius 2 is 1.69 bits per heavy atom. The number of rotatable bonds is 13. The van der Waals surface area contributed by atoms with Crippen LogP contribution in [-0.2, 0) is 19.1 Å². The maximum Gasteiger partial charge on any atom is 0.328 e. The van der Waals surface area contributed by atoms with Gasteiger partial charge in [0.1, 0.15) is 12.1 Å². The van der Waals surface area contributed by atoms with Crippen molar-refractivity contribution in [2.75, 3.05) is 13.9 Å². The van der Waals surface area contributed by atoms with E-state index in [-0.39, 0.29) is 23.1 Å². The molecule has 0 spiro atoms. The summed E-state index contributed by atoms with van der Waals surface area (Å²) >= 11 is 0. The largest absolute Gasteiger partial charge is 0.493 e. The van der Waals surface area contributed by atoms with E-state index in [0.29, 0.717) is 5.92 Å². The van der Waals surface area contributed by atoms with E-state index >= 15 is 0 Å². The smallest absolute Gasteiger partial charge is 0.328 e. The Bertz CT molecular complexity index is 1010.